The summed E-state index contributed by atoms with van der Waals surface area (Å²) in [6.45, 7) is 2.15. The van der Waals surface area contributed by atoms with Crippen molar-refractivity contribution in [2.75, 3.05) is 7.11 Å². The highest BCUT2D eigenvalue weighted by Gasteiger charge is 2.17. The van der Waals surface area contributed by atoms with Gasteiger partial charge in [-0.2, -0.15) is 5.10 Å². The van der Waals surface area contributed by atoms with E-state index in [4.69, 9.17) is 4.74 Å². The summed E-state index contributed by atoms with van der Waals surface area (Å²) in [4.78, 5) is 0. The van der Waals surface area contributed by atoms with Crippen LogP contribution in [0.15, 0.2) is 6.20 Å². The third-order valence-electron chi connectivity index (χ3n) is 2.57. The Hall–Kier alpha value is -1.03. The van der Waals surface area contributed by atoms with Gasteiger partial charge in [0.05, 0.1) is 19.4 Å². The Morgan fingerprint density at radius 1 is 1.53 bits per heavy atom. The van der Waals surface area contributed by atoms with Crippen molar-refractivity contribution in [1.82, 2.24) is 9.78 Å². The molecule has 1 unspecified atom stereocenters. The first-order chi connectivity index (χ1) is 7.20. The van der Waals surface area contributed by atoms with E-state index in [0.717, 1.165) is 31.4 Å². The number of unbranched alkanes of at least 4 members (excludes halogenated alkanes) is 2. The molecule has 1 rings (SSSR count). The fraction of sp³-hybridized carbons (Fsp3) is 0.727. The highest BCUT2D eigenvalue weighted by Crippen LogP contribution is 2.27. The first-order valence-electron chi connectivity index (χ1n) is 5.44. The molecule has 0 saturated carbocycles. The number of hydrogen-bond donors (Lipinski definition) is 1. The third-order valence-corrected chi connectivity index (χ3v) is 2.57. The van der Waals surface area contributed by atoms with E-state index in [1.807, 2.05) is 7.05 Å². The fourth-order valence-electron chi connectivity index (χ4n) is 1.69. The van der Waals surface area contributed by atoms with E-state index in [0.29, 0.717) is 5.75 Å². The van der Waals surface area contributed by atoms with Crippen LogP contribution in [0.4, 0.5) is 0 Å². The van der Waals surface area contributed by atoms with Crippen LogP contribution in [0.2, 0.25) is 0 Å². The lowest BCUT2D eigenvalue weighted by Gasteiger charge is -2.12. The maximum Gasteiger partial charge on any atom is 0.162 e. The van der Waals surface area contributed by atoms with E-state index in [2.05, 4.69) is 12.0 Å². The van der Waals surface area contributed by atoms with E-state index in [1.165, 1.54) is 0 Å². The van der Waals surface area contributed by atoms with Crippen LogP contribution >= 0.6 is 0 Å². The fourth-order valence-corrected chi connectivity index (χ4v) is 1.69. The summed E-state index contributed by atoms with van der Waals surface area (Å²) in [5.74, 6) is 0.668. The van der Waals surface area contributed by atoms with E-state index in [1.54, 1.807) is 18.0 Å². The molecule has 1 heterocycles. The highest BCUT2D eigenvalue weighted by molar-refractivity contribution is 5.26. The van der Waals surface area contributed by atoms with Crippen LogP contribution in [0.1, 0.15) is 44.4 Å². The molecule has 0 saturated heterocycles. The molecule has 1 aromatic rings. The van der Waals surface area contributed by atoms with Crippen LogP contribution in [0.25, 0.3) is 0 Å². The SMILES string of the molecule is CCCCCC(O)c1c(OC)cnn1C. The zero-order valence-electron chi connectivity index (χ0n) is 9.73. The second-order valence-electron chi connectivity index (χ2n) is 3.73. The minimum Gasteiger partial charge on any atom is -0.493 e. The van der Waals surface area contributed by atoms with E-state index >= 15 is 0 Å². The molecular formula is C11H20N2O2. The van der Waals surface area contributed by atoms with E-state index in [9.17, 15) is 5.11 Å². The average molecular weight is 212 g/mol. The van der Waals surface area contributed by atoms with Crippen LogP contribution in [-0.2, 0) is 7.05 Å². The van der Waals surface area contributed by atoms with Crippen molar-refractivity contribution in [2.24, 2.45) is 7.05 Å². The Morgan fingerprint density at radius 2 is 2.27 bits per heavy atom. The van der Waals surface area contributed by atoms with Gasteiger partial charge in [0, 0.05) is 7.05 Å². The molecule has 0 aromatic carbocycles. The molecule has 0 aliphatic carbocycles. The number of rotatable bonds is 6. The predicted octanol–water partition coefficient (Wildman–Crippen LogP) is 2.04. The predicted molar refractivity (Wildman–Crippen MR) is 58.9 cm³/mol. The van der Waals surface area contributed by atoms with Crippen LogP contribution in [-0.4, -0.2) is 22.0 Å². The number of methoxy groups -OCH3 is 1. The standard InChI is InChI=1S/C11H20N2O2/c1-4-5-6-7-9(14)11-10(15-3)8-12-13(11)2/h8-9,14H,4-7H2,1-3H3. The molecule has 1 aromatic heterocycles. The molecule has 15 heavy (non-hydrogen) atoms. The van der Waals surface area contributed by atoms with E-state index in [-0.39, 0.29) is 0 Å². The molecule has 0 amide bonds. The lowest BCUT2D eigenvalue weighted by molar-refractivity contribution is 0.150. The number of nitrogens with zero attached hydrogens (tertiary/aromatic N) is 2. The van der Waals surface area contributed by atoms with Crippen LogP contribution in [0.3, 0.4) is 0 Å². The Kier molecular flexibility index (Phi) is 4.62. The Balaban J connectivity index is 2.63. The van der Waals surface area contributed by atoms with E-state index < -0.39 is 6.10 Å². The Labute approximate surface area is 90.9 Å². The Morgan fingerprint density at radius 3 is 2.87 bits per heavy atom. The lowest BCUT2D eigenvalue weighted by Crippen LogP contribution is -2.06. The first kappa shape index (κ1) is 12.0. The van der Waals surface area contributed by atoms with Gasteiger partial charge in [-0.1, -0.05) is 26.2 Å². The van der Waals surface area contributed by atoms with Gasteiger partial charge in [0.2, 0.25) is 0 Å². The zero-order valence-corrected chi connectivity index (χ0v) is 9.73. The molecule has 4 heteroatoms. The summed E-state index contributed by atoms with van der Waals surface area (Å²) in [7, 11) is 3.42. The molecule has 0 aliphatic heterocycles. The molecule has 0 bridgehead atoms. The summed E-state index contributed by atoms with van der Waals surface area (Å²) in [6, 6.07) is 0. The monoisotopic (exact) mass is 212 g/mol. The third kappa shape index (κ3) is 2.96. The number of ether oxygens (including phenoxy) is 1. The highest BCUT2D eigenvalue weighted by atomic mass is 16.5. The zero-order chi connectivity index (χ0) is 11.3. The molecule has 0 fully saturated rings. The number of aliphatic hydroxyl groups is 1. The van der Waals surface area contributed by atoms with Crippen LogP contribution in [0, 0.1) is 0 Å². The molecule has 0 spiro atoms. The molecule has 4 nitrogen and oxygen atoms in total. The van der Waals surface area contributed by atoms with Crippen molar-refractivity contribution in [3.05, 3.63) is 11.9 Å². The van der Waals surface area contributed by atoms with Crippen LogP contribution in [0.5, 0.6) is 5.75 Å². The molecule has 86 valence electrons. The van der Waals surface area contributed by atoms with Crippen molar-refractivity contribution >= 4 is 0 Å². The van der Waals surface area contributed by atoms with Gasteiger partial charge in [-0.25, -0.2) is 0 Å². The molecule has 1 atom stereocenters. The number of aromatic nitrogens is 2. The van der Waals surface area contributed by atoms with Gasteiger partial charge in [-0.05, 0) is 6.42 Å². The van der Waals surface area contributed by atoms with Crippen molar-refractivity contribution in [3.63, 3.8) is 0 Å². The quantitative estimate of drug-likeness (QED) is 0.734. The summed E-state index contributed by atoms with van der Waals surface area (Å²) in [5.41, 5.74) is 0.772. The first-order valence-corrected chi connectivity index (χ1v) is 5.44. The molecule has 1 N–H and O–H groups in total. The molecular weight excluding hydrogens is 192 g/mol. The number of aryl methyl sites for hydroxylation is 1. The maximum absolute atomic E-state index is 9.99. The Bertz CT molecular complexity index is 297. The maximum atomic E-state index is 9.99. The molecule has 0 radical (unpaired) electrons. The summed E-state index contributed by atoms with van der Waals surface area (Å²) in [6.07, 6.45) is 5.28. The van der Waals surface area contributed by atoms with Gasteiger partial charge in [-0.3, -0.25) is 4.68 Å². The topological polar surface area (TPSA) is 47.3 Å². The largest absolute Gasteiger partial charge is 0.493 e. The van der Waals surface area contributed by atoms with Gasteiger partial charge < -0.3 is 9.84 Å². The number of hydrogen-bond acceptors (Lipinski definition) is 3. The average Bonchev–Trinajstić information content (AvgIpc) is 2.59. The lowest BCUT2D eigenvalue weighted by atomic mass is 10.1. The van der Waals surface area contributed by atoms with Crippen molar-refractivity contribution < 1.29 is 9.84 Å². The summed E-state index contributed by atoms with van der Waals surface area (Å²) >= 11 is 0. The smallest absolute Gasteiger partial charge is 0.162 e. The van der Waals surface area contributed by atoms with Gasteiger partial charge in [-0.15, -0.1) is 0 Å². The van der Waals surface area contributed by atoms with Crippen molar-refractivity contribution in [1.29, 1.82) is 0 Å². The van der Waals surface area contributed by atoms with Gasteiger partial charge in [0.1, 0.15) is 5.69 Å². The van der Waals surface area contributed by atoms with Crippen molar-refractivity contribution in [3.8, 4) is 5.75 Å². The molecule has 0 aliphatic rings. The minimum atomic E-state index is -0.473. The van der Waals surface area contributed by atoms with Gasteiger partial charge >= 0.3 is 0 Å². The summed E-state index contributed by atoms with van der Waals surface area (Å²) in [5, 5.41) is 14.1. The van der Waals surface area contributed by atoms with Gasteiger partial charge in [0.15, 0.2) is 5.75 Å². The second kappa shape index (κ2) is 5.75. The minimum absolute atomic E-state index is 0.473. The van der Waals surface area contributed by atoms with Gasteiger partial charge in [0.25, 0.3) is 0 Å². The summed E-state index contributed by atoms with van der Waals surface area (Å²) < 4.78 is 6.83. The normalized spacial score (nSPS) is 12.8. The van der Waals surface area contributed by atoms with Crippen molar-refractivity contribution in [2.45, 2.75) is 38.7 Å². The second-order valence-corrected chi connectivity index (χ2v) is 3.73. The van der Waals surface area contributed by atoms with Crippen LogP contribution < -0.4 is 4.74 Å². The number of aliphatic hydroxyl groups excluding tert-OH is 1.